The summed E-state index contributed by atoms with van der Waals surface area (Å²) < 4.78 is 37.2. The van der Waals surface area contributed by atoms with Gasteiger partial charge in [-0.25, -0.2) is 18.3 Å². The molecule has 3 aliphatic rings. The number of amides is 2. The number of alkyl halides is 2. The Kier molecular flexibility index (Phi) is 5.58. The van der Waals surface area contributed by atoms with Crippen molar-refractivity contribution in [3.63, 3.8) is 0 Å². The van der Waals surface area contributed by atoms with E-state index in [0.29, 0.717) is 27.8 Å². The van der Waals surface area contributed by atoms with E-state index in [-0.39, 0.29) is 29.2 Å². The van der Waals surface area contributed by atoms with Crippen molar-refractivity contribution in [2.75, 3.05) is 6.61 Å². The van der Waals surface area contributed by atoms with Crippen molar-refractivity contribution in [1.29, 1.82) is 0 Å². The lowest BCUT2D eigenvalue weighted by Crippen LogP contribution is -2.58. The highest BCUT2D eigenvalue weighted by atomic mass is 32.1. The molecule has 3 aromatic heterocycles. The Bertz CT molecular complexity index is 1320. The molecule has 190 valence electrons. The van der Waals surface area contributed by atoms with Gasteiger partial charge >= 0.3 is 0 Å². The second-order valence-electron chi connectivity index (χ2n) is 10.0. The van der Waals surface area contributed by atoms with E-state index in [0.717, 1.165) is 43.5 Å². The van der Waals surface area contributed by atoms with Crippen molar-refractivity contribution in [1.82, 2.24) is 19.9 Å². The van der Waals surface area contributed by atoms with Gasteiger partial charge in [0, 0.05) is 12.0 Å². The Hall–Kier alpha value is -3.28. The number of aromatic nitrogens is 3. The molecule has 0 aliphatic heterocycles. The van der Waals surface area contributed by atoms with Crippen LogP contribution in [0.2, 0.25) is 0 Å². The van der Waals surface area contributed by atoms with Crippen molar-refractivity contribution in [3.8, 4) is 11.6 Å². The van der Waals surface area contributed by atoms with Crippen molar-refractivity contribution >= 4 is 28.7 Å². The van der Waals surface area contributed by atoms with Gasteiger partial charge in [0.2, 0.25) is 5.88 Å². The van der Waals surface area contributed by atoms with Crippen LogP contribution in [0.5, 0.6) is 11.6 Å². The molecule has 3 N–H and O–H groups in total. The number of carbonyl (C=O) groups is 2. The van der Waals surface area contributed by atoms with Crippen LogP contribution in [-0.2, 0) is 0 Å². The molecule has 3 fully saturated rings. The molecule has 0 aromatic carbocycles. The van der Waals surface area contributed by atoms with Crippen LogP contribution in [0.25, 0.3) is 5.52 Å². The van der Waals surface area contributed by atoms with Gasteiger partial charge in [-0.1, -0.05) is 0 Å². The lowest BCUT2D eigenvalue weighted by Gasteiger charge is -2.57. The molecule has 0 unspecified atom stereocenters. The van der Waals surface area contributed by atoms with Crippen LogP contribution in [0.4, 0.5) is 8.78 Å². The normalized spacial score (nSPS) is 25.0. The molecule has 1 spiro atoms. The van der Waals surface area contributed by atoms with Gasteiger partial charge < -0.3 is 20.5 Å². The summed E-state index contributed by atoms with van der Waals surface area (Å²) in [4.78, 5) is 29.6. The first-order valence-electron chi connectivity index (χ1n) is 11.9. The number of nitrogens with two attached hydrogens (primary N) is 1. The first-order chi connectivity index (χ1) is 17.3. The molecule has 0 saturated heterocycles. The fraction of sp³-hybridized carbons (Fsp3) is 0.500. The molecule has 3 aliphatic carbocycles. The van der Waals surface area contributed by atoms with Gasteiger partial charge in [0.15, 0.2) is 4.88 Å². The minimum Gasteiger partial charge on any atom is -0.486 e. The van der Waals surface area contributed by atoms with Gasteiger partial charge in [0.1, 0.15) is 23.5 Å². The van der Waals surface area contributed by atoms with Crippen LogP contribution >= 0.6 is 11.3 Å². The van der Waals surface area contributed by atoms with E-state index in [4.69, 9.17) is 15.2 Å². The summed E-state index contributed by atoms with van der Waals surface area (Å²) >= 11 is 1.34. The number of ether oxygens (including phenoxy) is 2. The maximum Gasteiger partial charge on any atom is 0.272 e. The lowest BCUT2D eigenvalue weighted by atomic mass is 9.53. The zero-order valence-corrected chi connectivity index (χ0v) is 20.1. The van der Waals surface area contributed by atoms with E-state index in [2.05, 4.69) is 15.4 Å². The van der Waals surface area contributed by atoms with E-state index in [1.54, 1.807) is 12.1 Å². The molecule has 0 radical (unpaired) electrons. The highest BCUT2D eigenvalue weighted by Crippen LogP contribution is 2.57. The highest BCUT2D eigenvalue weighted by Gasteiger charge is 2.54. The van der Waals surface area contributed by atoms with Crippen LogP contribution in [-0.4, -0.2) is 51.6 Å². The third-order valence-electron chi connectivity index (χ3n) is 7.17. The van der Waals surface area contributed by atoms with E-state index in [1.807, 2.05) is 0 Å². The van der Waals surface area contributed by atoms with Gasteiger partial charge in [-0.2, -0.15) is 5.10 Å². The van der Waals surface area contributed by atoms with Crippen LogP contribution < -0.4 is 20.5 Å². The van der Waals surface area contributed by atoms with Crippen LogP contribution in [0.3, 0.4) is 0 Å². The second-order valence-corrected chi connectivity index (χ2v) is 11.0. The maximum absolute atomic E-state index is 12.8. The minimum atomic E-state index is -2.57. The summed E-state index contributed by atoms with van der Waals surface area (Å²) in [6.45, 7) is -0.701. The number of rotatable bonds is 9. The molecule has 3 saturated carbocycles. The Morgan fingerprint density at radius 2 is 2.03 bits per heavy atom. The summed E-state index contributed by atoms with van der Waals surface area (Å²) in [7, 11) is 0. The molecule has 9 nitrogen and oxygen atoms in total. The van der Waals surface area contributed by atoms with Crippen molar-refractivity contribution in [2.45, 2.75) is 63.0 Å². The number of primary amides is 1. The minimum absolute atomic E-state index is 0.00462. The Morgan fingerprint density at radius 3 is 2.72 bits per heavy atom. The first kappa shape index (κ1) is 23.1. The molecular formula is C24H25F2N5O4S. The molecule has 6 rings (SSSR count). The van der Waals surface area contributed by atoms with E-state index < -0.39 is 18.9 Å². The average molecular weight is 518 g/mol. The fourth-order valence-corrected chi connectivity index (χ4v) is 6.30. The first-order valence-corrected chi connectivity index (χ1v) is 12.8. The van der Waals surface area contributed by atoms with Gasteiger partial charge in [0.05, 0.1) is 23.5 Å². The average Bonchev–Trinajstić information content (AvgIpc) is 3.41. The smallest absolute Gasteiger partial charge is 0.272 e. The number of carbonyl (C=O) groups excluding carboxylic acids is 2. The topological polar surface area (TPSA) is 121 Å². The van der Waals surface area contributed by atoms with Crippen molar-refractivity contribution in [3.05, 3.63) is 40.0 Å². The van der Waals surface area contributed by atoms with Crippen LogP contribution in [0.1, 0.15) is 69.5 Å². The van der Waals surface area contributed by atoms with Crippen LogP contribution in [0, 0.1) is 5.41 Å². The number of nitrogens with zero attached hydrogens (tertiary/aromatic N) is 3. The zero-order chi connectivity index (χ0) is 25.0. The molecule has 0 bridgehead atoms. The SMILES string of the molecule is NC(=O)c1sc(C2CC2)nc1OC1CC2(CC(NC(=O)c3cnn4cc(OCC(F)F)ccc34)C2)C1. The second kappa shape index (κ2) is 8.68. The number of hydrogen-bond acceptors (Lipinski definition) is 7. The molecule has 2 amide bonds. The third-order valence-corrected chi connectivity index (χ3v) is 8.38. The maximum atomic E-state index is 12.8. The Labute approximate surface area is 209 Å². The number of thiazole rings is 1. The standard InChI is InChI=1S/C24H25F2N5O4S/c25-18(26)11-34-14-3-4-17-16(9-28-31(17)10-14)21(33)29-13-5-24(6-13)7-15(8-24)35-22-19(20(27)32)36-23(30-22)12-1-2-12/h3-4,9-10,12-13,15,18H,1-2,5-8,11H2,(H2,27,32)(H,29,33). The molecular weight excluding hydrogens is 492 g/mol. The lowest BCUT2D eigenvalue weighted by molar-refractivity contribution is -0.0846. The highest BCUT2D eigenvalue weighted by molar-refractivity contribution is 7.14. The number of halogens is 2. The van der Waals surface area contributed by atoms with E-state index in [1.165, 1.54) is 28.2 Å². The number of hydrogen-bond donors (Lipinski definition) is 2. The number of nitrogens with one attached hydrogen (secondary N) is 1. The molecule has 0 atom stereocenters. The van der Waals surface area contributed by atoms with Crippen molar-refractivity contribution < 1.29 is 27.8 Å². The van der Waals surface area contributed by atoms with Gasteiger partial charge in [-0.05, 0) is 56.1 Å². The Morgan fingerprint density at radius 1 is 1.25 bits per heavy atom. The summed E-state index contributed by atoms with van der Waals surface area (Å²) in [5.74, 6) is 0.334. The largest absolute Gasteiger partial charge is 0.486 e. The third kappa shape index (κ3) is 4.38. The van der Waals surface area contributed by atoms with Gasteiger partial charge in [0.25, 0.3) is 18.2 Å². The predicted octanol–water partition coefficient (Wildman–Crippen LogP) is 3.53. The molecule has 12 heteroatoms. The summed E-state index contributed by atoms with van der Waals surface area (Å²) in [6.07, 6.45) is 5.97. The molecule has 36 heavy (non-hydrogen) atoms. The van der Waals surface area contributed by atoms with Gasteiger partial charge in [-0.15, -0.1) is 11.3 Å². The zero-order valence-electron chi connectivity index (χ0n) is 19.3. The summed E-state index contributed by atoms with van der Waals surface area (Å²) in [5.41, 5.74) is 6.65. The number of pyridine rings is 1. The van der Waals surface area contributed by atoms with E-state index in [9.17, 15) is 18.4 Å². The van der Waals surface area contributed by atoms with Crippen molar-refractivity contribution in [2.24, 2.45) is 11.1 Å². The van der Waals surface area contributed by atoms with Crippen LogP contribution in [0.15, 0.2) is 24.5 Å². The Balaban J connectivity index is 1.01. The molecule has 3 aromatic rings. The fourth-order valence-electron chi connectivity index (χ4n) is 5.28. The quantitative estimate of drug-likeness (QED) is 0.448. The summed E-state index contributed by atoms with van der Waals surface area (Å²) in [6, 6.07) is 3.23. The summed E-state index contributed by atoms with van der Waals surface area (Å²) in [5, 5.41) is 8.15. The van der Waals surface area contributed by atoms with E-state index >= 15 is 0 Å². The van der Waals surface area contributed by atoms with Gasteiger partial charge in [-0.3, -0.25) is 9.59 Å². The molecule has 3 heterocycles. The predicted molar refractivity (Wildman–Crippen MR) is 126 cm³/mol. The number of fused-ring (bicyclic) bond motifs is 1. The monoisotopic (exact) mass is 517 g/mol.